The molecule has 1 saturated carbocycles. The number of aryl methyl sites for hydroxylation is 1. The smallest absolute Gasteiger partial charge is 0.306 e. The van der Waals surface area contributed by atoms with E-state index in [2.05, 4.69) is 5.32 Å². The van der Waals surface area contributed by atoms with Crippen LogP contribution >= 0.6 is 0 Å². The predicted octanol–water partition coefficient (Wildman–Crippen LogP) is 4.16. The summed E-state index contributed by atoms with van der Waals surface area (Å²) in [6.45, 7) is 1.99. The molecule has 5 heteroatoms. The number of rotatable bonds is 5. The third kappa shape index (κ3) is 4.42. The van der Waals surface area contributed by atoms with Crippen LogP contribution in [0.15, 0.2) is 48.5 Å². The summed E-state index contributed by atoms with van der Waals surface area (Å²) in [6, 6.07) is 14.8. The van der Waals surface area contributed by atoms with Gasteiger partial charge in [0.1, 0.15) is 11.5 Å². The molecule has 0 radical (unpaired) electrons. The first-order valence-corrected chi connectivity index (χ1v) is 8.90. The van der Waals surface area contributed by atoms with Crippen LogP contribution in [0.3, 0.4) is 0 Å². The maximum atomic E-state index is 12.7. The number of benzene rings is 2. The van der Waals surface area contributed by atoms with Crippen LogP contribution in [-0.4, -0.2) is 23.0 Å². The Bertz CT molecular complexity index is 794. The van der Waals surface area contributed by atoms with Gasteiger partial charge in [0.05, 0.1) is 11.5 Å². The number of carboxylic acids is 1. The molecule has 2 aromatic carbocycles. The zero-order valence-corrected chi connectivity index (χ0v) is 14.8. The highest BCUT2D eigenvalue weighted by atomic mass is 16.5. The van der Waals surface area contributed by atoms with Gasteiger partial charge in [-0.05, 0) is 62.4 Å². The number of aliphatic carboxylic acids is 1. The quantitative estimate of drug-likeness (QED) is 0.846. The third-order valence-corrected chi connectivity index (χ3v) is 4.76. The molecular formula is C21H23NO4. The Labute approximate surface area is 153 Å². The van der Waals surface area contributed by atoms with Gasteiger partial charge in [0, 0.05) is 6.04 Å². The summed E-state index contributed by atoms with van der Waals surface area (Å²) < 4.78 is 5.91. The highest BCUT2D eigenvalue weighted by Gasteiger charge is 2.27. The highest BCUT2D eigenvalue weighted by molar-refractivity contribution is 5.97. The lowest BCUT2D eigenvalue weighted by Gasteiger charge is -2.27. The van der Waals surface area contributed by atoms with Gasteiger partial charge in [-0.3, -0.25) is 9.59 Å². The molecular weight excluding hydrogens is 330 g/mol. The predicted molar refractivity (Wildman–Crippen MR) is 98.5 cm³/mol. The van der Waals surface area contributed by atoms with Crippen molar-refractivity contribution in [1.82, 2.24) is 5.32 Å². The summed E-state index contributed by atoms with van der Waals surface area (Å²) in [5.74, 6) is -0.0270. The minimum atomic E-state index is -0.744. The van der Waals surface area contributed by atoms with Crippen LogP contribution in [0.5, 0.6) is 11.5 Å². The standard InChI is InChI=1S/C21H23NO4/c1-14-5-4-6-17(13-14)26-19-8-3-2-7-18(19)20(23)22-16-11-9-15(10-12-16)21(24)25/h2-8,13,15-16H,9-12H2,1H3,(H,22,23)(H,24,25). The van der Waals surface area contributed by atoms with Crippen molar-refractivity contribution in [1.29, 1.82) is 0 Å². The second-order valence-electron chi connectivity index (χ2n) is 6.77. The lowest BCUT2D eigenvalue weighted by molar-refractivity contribution is -0.142. The Hall–Kier alpha value is -2.82. The lowest BCUT2D eigenvalue weighted by Crippen LogP contribution is -2.38. The van der Waals surface area contributed by atoms with E-state index in [0.29, 0.717) is 42.7 Å². The van der Waals surface area contributed by atoms with E-state index in [1.807, 2.05) is 37.3 Å². The SMILES string of the molecule is Cc1cccc(Oc2ccccc2C(=O)NC2CCC(C(=O)O)CC2)c1. The maximum Gasteiger partial charge on any atom is 0.306 e. The lowest BCUT2D eigenvalue weighted by atomic mass is 9.86. The first kappa shape index (κ1) is 18.0. The number of nitrogens with one attached hydrogen (secondary N) is 1. The molecule has 0 aromatic heterocycles. The molecule has 0 heterocycles. The first-order valence-electron chi connectivity index (χ1n) is 8.90. The molecule has 26 heavy (non-hydrogen) atoms. The van der Waals surface area contributed by atoms with Crippen LogP contribution in [0.1, 0.15) is 41.6 Å². The molecule has 0 bridgehead atoms. The molecule has 5 nitrogen and oxygen atoms in total. The summed E-state index contributed by atoms with van der Waals surface area (Å²) in [7, 11) is 0. The molecule has 136 valence electrons. The molecule has 0 unspecified atom stereocenters. The number of amides is 1. The fourth-order valence-corrected chi connectivity index (χ4v) is 3.30. The summed E-state index contributed by atoms with van der Waals surface area (Å²) >= 11 is 0. The molecule has 0 atom stereocenters. The van der Waals surface area contributed by atoms with E-state index in [-0.39, 0.29) is 17.9 Å². The average Bonchev–Trinajstić information content (AvgIpc) is 2.62. The Balaban J connectivity index is 1.67. The van der Waals surface area contributed by atoms with Crippen molar-refractivity contribution in [3.8, 4) is 11.5 Å². The van der Waals surface area contributed by atoms with Gasteiger partial charge in [-0.1, -0.05) is 24.3 Å². The highest BCUT2D eigenvalue weighted by Crippen LogP contribution is 2.28. The van der Waals surface area contributed by atoms with Crippen molar-refractivity contribution in [2.24, 2.45) is 5.92 Å². The van der Waals surface area contributed by atoms with E-state index in [9.17, 15) is 9.59 Å². The Morgan fingerprint density at radius 2 is 1.77 bits per heavy atom. The minimum absolute atomic E-state index is 0.00475. The van der Waals surface area contributed by atoms with E-state index < -0.39 is 5.97 Å². The van der Waals surface area contributed by atoms with Gasteiger partial charge in [0.25, 0.3) is 5.91 Å². The third-order valence-electron chi connectivity index (χ3n) is 4.76. The number of para-hydroxylation sites is 1. The zero-order chi connectivity index (χ0) is 18.5. The summed E-state index contributed by atoms with van der Waals surface area (Å²) in [5, 5.41) is 12.1. The second kappa shape index (κ2) is 8.04. The second-order valence-corrected chi connectivity index (χ2v) is 6.77. The van der Waals surface area contributed by atoms with Crippen LogP contribution < -0.4 is 10.1 Å². The van der Waals surface area contributed by atoms with Gasteiger partial charge in [-0.25, -0.2) is 0 Å². The zero-order valence-electron chi connectivity index (χ0n) is 14.8. The van der Waals surface area contributed by atoms with E-state index in [0.717, 1.165) is 5.56 Å². The summed E-state index contributed by atoms with van der Waals surface area (Å²) in [6.07, 6.45) is 2.57. The Morgan fingerprint density at radius 3 is 2.46 bits per heavy atom. The number of carbonyl (C=O) groups is 2. The van der Waals surface area contributed by atoms with Crippen molar-refractivity contribution in [3.05, 3.63) is 59.7 Å². The molecule has 0 aliphatic heterocycles. The van der Waals surface area contributed by atoms with E-state index in [1.165, 1.54) is 0 Å². The van der Waals surface area contributed by atoms with Crippen molar-refractivity contribution in [2.75, 3.05) is 0 Å². The van der Waals surface area contributed by atoms with Gasteiger partial charge < -0.3 is 15.2 Å². The average molecular weight is 353 g/mol. The Kier molecular flexibility index (Phi) is 5.56. The van der Waals surface area contributed by atoms with Crippen molar-refractivity contribution >= 4 is 11.9 Å². The number of hydrogen-bond acceptors (Lipinski definition) is 3. The van der Waals surface area contributed by atoms with E-state index >= 15 is 0 Å². The number of carbonyl (C=O) groups excluding carboxylic acids is 1. The van der Waals surface area contributed by atoms with E-state index in [4.69, 9.17) is 9.84 Å². The molecule has 1 aliphatic rings. The summed E-state index contributed by atoms with van der Waals surface area (Å²) in [5.41, 5.74) is 1.56. The van der Waals surface area contributed by atoms with Crippen molar-refractivity contribution in [2.45, 2.75) is 38.6 Å². The fraction of sp³-hybridized carbons (Fsp3) is 0.333. The summed E-state index contributed by atoms with van der Waals surface area (Å²) in [4.78, 5) is 23.7. The van der Waals surface area contributed by atoms with Crippen molar-refractivity contribution in [3.63, 3.8) is 0 Å². The molecule has 3 rings (SSSR count). The number of carboxylic acid groups (broad SMARTS) is 1. The van der Waals surface area contributed by atoms with Gasteiger partial charge in [-0.15, -0.1) is 0 Å². The first-order chi connectivity index (χ1) is 12.5. The minimum Gasteiger partial charge on any atom is -0.481 e. The monoisotopic (exact) mass is 353 g/mol. The van der Waals surface area contributed by atoms with Crippen LogP contribution in [0.2, 0.25) is 0 Å². The van der Waals surface area contributed by atoms with Crippen LogP contribution in [-0.2, 0) is 4.79 Å². The van der Waals surface area contributed by atoms with Gasteiger partial charge in [-0.2, -0.15) is 0 Å². The molecule has 1 amide bonds. The van der Waals surface area contributed by atoms with Crippen LogP contribution in [0, 0.1) is 12.8 Å². The van der Waals surface area contributed by atoms with Crippen LogP contribution in [0.25, 0.3) is 0 Å². The van der Waals surface area contributed by atoms with Gasteiger partial charge in [0.2, 0.25) is 0 Å². The van der Waals surface area contributed by atoms with Gasteiger partial charge in [0.15, 0.2) is 0 Å². The van der Waals surface area contributed by atoms with Crippen LogP contribution in [0.4, 0.5) is 0 Å². The maximum absolute atomic E-state index is 12.7. The molecule has 2 aromatic rings. The molecule has 1 aliphatic carbocycles. The molecule has 1 fully saturated rings. The van der Waals surface area contributed by atoms with Gasteiger partial charge >= 0.3 is 5.97 Å². The molecule has 2 N–H and O–H groups in total. The Morgan fingerprint density at radius 1 is 1.04 bits per heavy atom. The van der Waals surface area contributed by atoms with Crippen molar-refractivity contribution < 1.29 is 19.4 Å². The largest absolute Gasteiger partial charge is 0.481 e. The van der Waals surface area contributed by atoms with E-state index in [1.54, 1.807) is 18.2 Å². The normalized spacial score (nSPS) is 19.6. The molecule has 0 saturated heterocycles. The fourth-order valence-electron chi connectivity index (χ4n) is 3.30. The topological polar surface area (TPSA) is 75.6 Å². The number of hydrogen-bond donors (Lipinski definition) is 2. The number of ether oxygens (including phenoxy) is 1. The molecule has 0 spiro atoms.